The first-order chi connectivity index (χ1) is 11.4. The second-order valence-electron chi connectivity index (χ2n) is 10.2. The molecule has 0 amide bonds. The standard InChI is InChI=1S/C23H38/c1-2-6-16(7-3-1)18-10-5-11-20-21(18)14-15-22-19-9-4-8-17(19)12-13-23(20)22/h16-23H,1-15H2/t17?,18?,19?,20-,21?,22?,23?/m1/s1. The summed E-state index contributed by atoms with van der Waals surface area (Å²) in [6.45, 7) is 0. The maximum Gasteiger partial charge on any atom is -0.0352 e. The van der Waals surface area contributed by atoms with Crippen molar-refractivity contribution in [3.05, 3.63) is 0 Å². The van der Waals surface area contributed by atoms with Gasteiger partial charge in [0.2, 0.25) is 0 Å². The molecule has 5 fully saturated rings. The topological polar surface area (TPSA) is 0 Å². The van der Waals surface area contributed by atoms with Crippen LogP contribution in [0.1, 0.15) is 96.3 Å². The van der Waals surface area contributed by atoms with E-state index in [4.69, 9.17) is 0 Å². The molecule has 0 aromatic heterocycles. The fourth-order valence-corrected chi connectivity index (χ4v) is 8.71. The maximum atomic E-state index is 1.64. The zero-order valence-corrected chi connectivity index (χ0v) is 15.2. The second-order valence-corrected chi connectivity index (χ2v) is 10.2. The van der Waals surface area contributed by atoms with Crippen LogP contribution in [0, 0.1) is 47.3 Å². The van der Waals surface area contributed by atoms with Crippen molar-refractivity contribution in [1.29, 1.82) is 0 Å². The van der Waals surface area contributed by atoms with Gasteiger partial charge in [0.05, 0.1) is 0 Å². The summed E-state index contributed by atoms with van der Waals surface area (Å²) in [7, 11) is 0. The van der Waals surface area contributed by atoms with E-state index in [0.29, 0.717) is 0 Å². The monoisotopic (exact) mass is 314 g/mol. The number of rotatable bonds is 1. The molecule has 6 unspecified atom stereocenters. The highest BCUT2D eigenvalue weighted by Gasteiger charge is 2.51. The highest BCUT2D eigenvalue weighted by molar-refractivity contribution is 5.00. The van der Waals surface area contributed by atoms with Crippen LogP contribution >= 0.6 is 0 Å². The highest BCUT2D eigenvalue weighted by atomic mass is 14.6. The molecule has 5 aliphatic carbocycles. The van der Waals surface area contributed by atoms with Gasteiger partial charge in [-0.1, -0.05) is 51.4 Å². The van der Waals surface area contributed by atoms with Crippen molar-refractivity contribution >= 4 is 0 Å². The summed E-state index contributed by atoms with van der Waals surface area (Å²) < 4.78 is 0. The Bertz CT molecular complexity index is 406. The lowest BCUT2D eigenvalue weighted by Gasteiger charge is -2.55. The molecule has 7 atom stereocenters. The van der Waals surface area contributed by atoms with Crippen molar-refractivity contribution in [2.24, 2.45) is 47.3 Å². The van der Waals surface area contributed by atoms with Crippen molar-refractivity contribution < 1.29 is 0 Å². The van der Waals surface area contributed by atoms with E-state index in [1.54, 1.807) is 89.9 Å². The molecule has 130 valence electrons. The normalized spacial score (nSPS) is 50.9. The van der Waals surface area contributed by atoms with E-state index >= 15 is 0 Å². The minimum Gasteiger partial charge on any atom is -0.0533 e. The average Bonchev–Trinajstić information content (AvgIpc) is 3.10. The smallest absolute Gasteiger partial charge is 0.0352 e. The first-order valence-corrected chi connectivity index (χ1v) is 11.4. The van der Waals surface area contributed by atoms with Crippen LogP contribution in [0.5, 0.6) is 0 Å². The molecule has 0 N–H and O–H groups in total. The van der Waals surface area contributed by atoms with Crippen LogP contribution in [0.15, 0.2) is 0 Å². The molecule has 0 spiro atoms. The molecule has 5 aliphatic rings. The maximum absolute atomic E-state index is 1.64. The molecule has 0 saturated heterocycles. The molecule has 0 nitrogen and oxygen atoms in total. The molecule has 5 saturated carbocycles. The fourth-order valence-electron chi connectivity index (χ4n) is 8.71. The van der Waals surface area contributed by atoms with Crippen LogP contribution in [-0.2, 0) is 0 Å². The van der Waals surface area contributed by atoms with Gasteiger partial charge in [0.25, 0.3) is 0 Å². The van der Waals surface area contributed by atoms with Gasteiger partial charge in [-0.15, -0.1) is 0 Å². The lowest BCUT2D eigenvalue weighted by molar-refractivity contribution is -0.0552. The predicted octanol–water partition coefficient (Wildman–Crippen LogP) is 6.84. The molecule has 0 aliphatic heterocycles. The van der Waals surface area contributed by atoms with E-state index < -0.39 is 0 Å². The van der Waals surface area contributed by atoms with Crippen LogP contribution < -0.4 is 0 Å². The first kappa shape index (κ1) is 15.3. The van der Waals surface area contributed by atoms with E-state index in [1.165, 1.54) is 24.2 Å². The van der Waals surface area contributed by atoms with Gasteiger partial charge in [0.15, 0.2) is 0 Å². The number of hydrogen-bond donors (Lipinski definition) is 0. The van der Waals surface area contributed by atoms with E-state index in [9.17, 15) is 0 Å². The van der Waals surface area contributed by atoms with Gasteiger partial charge in [-0.25, -0.2) is 0 Å². The van der Waals surface area contributed by atoms with E-state index in [1.807, 2.05) is 0 Å². The van der Waals surface area contributed by atoms with Gasteiger partial charge >= 0.3 is 0 Å². The molecule has 0 bridgehead atoms. The third-order valence-electron chi connectivity index (χ3n) is 9.50. The molecule has 0 aromatic rings. The number of fused-ring (bicyclic) bond motifs is 5. The zero-order valence-electron chi connectivity index (χ0n) is 15.2. The Morgan fingerprint density at radius 1 is 0.261 bits per heavy atom. The quantitative estimate of drug-likeness (QED) is 0.497. The zero-order chi connectivity index (χ0) is 15.2. The Morgan fingerprint density at radius 2 is 0.696 bits per heavy atom. The summed E-state index contributed by atoms with van der Waals surface area (Å²) in [5.74, 6) is 9.27. The Hall–Kier alpha value is 0. The van der Waals surface area contributed by atoms with Gasteiger partial charge in [0.1, 0.15) is 0 Å². The SMILES string of the molecule is C1CCC(C2CCC[C@@H]3C2CCC2C4CCCC4CCC23)CC1. The summed E-state index contributed by atoms with van der Waals surface area (Å²) in [5.41, 5.74) is 0. The third kappa shape index (κ3) is 2.62. The molecule has 23 heavy (non-hydrogen) atoms. The summed E-state index contributed by atoms with van der Waals surface area (Å²) in [5, 5.41) is 0. The summed E-state index contributed by atoms with van der Waals surface area (Å²) in [4.78, 5) is 0. The second kappa shape index (κ2) is 6.38. The molecule has 5 rings (SSSR count). The Morgan fingerprint density at radius 3 is 1.43 bits per heavy atom. The molecule has 0 aromatic carbocycles. The van der Waals surface area contributed by atoms with E-state index in [-0.39, 0.29) is 0 Å². The van der Waals surface area contributed by atoms with Crippen molar-refractivity contribution in [3.8, 4) is 0 Å². The van der Waals surface area contributed by atoms with Crippen LogP contribution in [0.3, 0.4) is 0 Å². The van der Waals surface area contributed by atoms with Crippen LogP contribution in [0.25, 0.3) is 0 Å². The van der Waals surface area contributed by atoms with Gasteiger partial charge in [0, 0.05) is 0 Å². The fraction of sp³-hybridized carbons (Fsp3) is 1.00. The third-order valence-corrected chi connectivity index (χ3v) is 9.50. The Labute approximate surface area is 144 Å². The largest absolute Gasteiger partial charge is 0.0533 e. The van der Waals surface area contributed by atoms with E-state index in [2.05, 4.69) is 0 Å². The molecular weight excluding hydrogens is 276 g/mol. The summed E-state index contributed by atoms with van der Waals surface area (Å²) in [6.07, 6.45) is 23.9. The van der Waals surface area contributed by atoms with Gasteiger partial charge in [-0.2, -0.15) is 0 Å². The molecule has 0 heterocycles. The van der Waals surface area contributed by atoms with Crippen molar-refractivity contribution in [1.82, 2.24) is 0 Å². The van der Waals surface area contributed by atoms with Gasteiger partial charge < -0.3 is 0 Å². The van der Waals surface area contributed by atoms with Crippen molar-refractivity contribution in [2.45, 2.75) is 96.3 Å². The number of hydrogen-bond acceptors (Lipinski definition) is 0. The summed E-state index contributed by atoms with van der Waals surface area (Å²) >= 11 is 0. The van der Waals surface area contributed by atoms with Crippen LogP contribution in [0.2, 0.25) is 0 Å². The predicted molar refractivity (Wildman–Crippen MR) is 97.2 cm³/mol. The van der Waals surface area contributed by atoms with Gasteiger partial charge in [-0.05, 0) is 92.3 Å². The summed E-state index contributed by atoms with van der Waals surface area (Å²) in [6, 6.07) is 0. The molecule has 0 heteroatoms. The first-order valence-electron chi connectivity index (χ1n) is 11.4. The molecule has 0 radical (unpaired) electrons. The highest BCUT2D eigenvalue weighted by Crippen LogP contribution is 2.60. The van der Waals surface area contributed by atoms with E-state index in [0.717, 1.165) is 29.6 Å². The molecular formula is C23H38. The minimum absolute atomic E-state index is 1.14. The lowest BCUT2D eigenvalue weighted by atomic mass is 9.50. The lowest BCUT2D eigenvalue weighted by Crippen LogP contribution is -2.47. The van der Waals surface area contributed by atoms with Crippen LogP contribution in [0.4, 0.5) is 0 Å². The van der Waals surface area contributed by atoms with Crippen LogP contribution in [-0.4, -0.2) is 0 Å². The van der Waals surface area contributed by atoms with Crippen molar-refractivity contribution in [2.75, 3.05) is 0 Å². The average molecular weight is 315 g/mol. The Kier molecular flexibility index (Phi) is 4.23. The minimum atomic E-state index is 1.14. The van der Waals surface area contributed by atoms with Crippen molar-refractivity contribution in [3.63, 3.8) is 0 Å². The van der Waals surface area contributed by atoms with Gasteiger partial charge in [-0.3, -0.25) is 0 Å². The Balaban J connectivity index is 1.34.